The minimum absolute atomic E-state index is 0.0165. The van der Waals surface area contributed by atoms with E-state index in [2.05, 4.69) is 33.1 Å². The molecule has 1 aromatic carbocycles. The van der Waals surface area contributed by atoms with Crippen LogP contribution in [0.3, 0.4) is 0 Å². The third kappa shape index (κ3) is 6.19. The number of aromatic nitrogens is 1. The van der Waals surface area contributed by atoms with E-state index >= 15 is 0 Å². The topological polar surface area (TPSA) is 71.1 Å². The van der Waals surface area contributed by atoms with Gasteiger partial charge in [-0.05, 0) is 49.7 Å². The average Bonchev–Trinajstić information content (AvgIpc) is 3.29. The SMILES string of the molecule is CC(=O)Nc1ccc(SCC(=O)NCCc2ccc(-c3csc(C)n3)s2)cc1. The quantitative estimate of drug-likeness (QED) is 0.512. The van der Waals surface area contributed by atoms with Gasteiger partial charge in [0.15, 0.2) is 0 Å². The van der Waals surface area contributed by atoms with Gasteiger partial charge in [0.2, 0.25) is 11.8 Å². The summed E-state index contributed by atoms with van der Waals surface area (Å²) >= 11 is 4.86. The summed E-state index contributed by atoms with van der Waals surface area (Å²) in [6, 6.07) is 11.7. The number of rotatable bonds is 8. The first-order valence-corrected chi connectivity index (χ1v) is 11.5. The molecule has 0 unspecified atom stereocenters. The van der Waals surface area contributed by atoms with E-state index in [4.69, 9.17) is 0 Å². The molecule has 3 rings (SSSR count). The second-order valence-corrected chi connectivity index (χ2v) is 9.39. The van der Waals surface area contributed by atoms with Gasteiger partial charge < -0.3 is 10.6 Å². The van der Waals surface area contributed by atoms with Gasteiger partial charge in [-0.1, -0.05) is 0 Å². The van der Waals surface area contributed by atoms with Crippen molar-refractivity contribution in [1.82, 2.24) is 10.3 Å². The molecule has 0 aliphatic heterocycles. The van der Waals surface area contributed by atoms with Crippen molar-refractivity contribution in [2.75, 3.05) is 17.6 Å². The van der Waals surface area contributed by atoms with E-state index in [-0.39, 0.29) is 11.8 Å². The molecular weight excluding hydrogens is 410 g/mol. The molecule has 0 radical (unpaired) electrons. The van der Waals surface area contributed by atoms with E-state index in [1.54, 1.807) is 22.7 Å². The molecule has 2 aromatic heterocycles. The Morgan fingerprint density at radius 2 is 1.93 bits per heavy atom. The summed E-state index contributed by atoms with van der Waals surface area (Å²) in [4.78, 5) is 31.0. The monoisotopic (exact) mass is 431 g/mol. The number of carbonyl (C=O) groups excluding carboxylic acids is 2. The number of amides is 2. The maximum atomic E-state index is 12.1. The van der Waals surface area contributed by atoms with Crippen molar-refractivity contribution in [3.63, 3.8) is 0 Å². The van der Waals surface area contributed by atoms with Gasteiger partial charge in [-0.25, -0.2) is 4.98 Å². The molecule has 0 spiro atoms. The minimum Gasteiger partial charge on any atom is -0.355 e. The lowest BCUT2D eigenvalue weighted by Gasteiger charge is -2.06. The second kappa shape index (κ2) is 9.86. The number of thioether (sulfide) groups is 1. The van der Waals surface area contributed by atoms with Crippen LogP contribution in [0.2, 0.25) is 0 Å². The first kappa shape index (κ1) is 20.6. The van der Waals surface area contributed by atoms with Crippen molar-refractivity contribution in [2.45, 2.75) is 25.2 Å². The molecule has 2 heterocycles. The number of hydrogen-bond acceptors (Lipinski definition) is 6. The van der Waals surface area contributed by atoms with Crippen LogP contribution in [0.15, 0.2) is 46.7 Å². The van der Waals surface area contributed by atoms with E-state index in [1.165, 1.54) is 28.4 Å². The van der Waals surface area contributed by atoms with Crippen LogP contribution in [0.25, 0.3) is 10.6 Å². The normalized spacial score (nSPS) is 10.6. The lowest BCUT2D eigenvalue weighted by Crippen LogP contribution is -2.27. The van der Waals surface area contributed by atoms with Gasteiger partial charge in [0.1, 0.15) is 0 Å². The van der Waals surface area contributed by atoms with Crippen molar-refractivity contribution in [3.05, 3.63) is 51.7 Å². The number of carbonyl (C=O) groups is 2. The number of nitrogens with one attached hydrogen (secondary N) is 2. The Balaban J connectivity index is 1.39. The van der Waals surface area contributed by atoms with Crippen molar-refractivity contribution in [1.29, 1.82) is 0 Å². The smallest absolute Gasteiger partial charge is 0.230 e. The summed E-state index contributed by atoms with van der Waals surface area (Å²) < 4.78 is 0. The molecule has 0 aliphatic rings. The van der Waals surface area contributed by atoms with Crippen LogP contribution >= 0.6 is 34.4 Å². The van der Waals surface area contributed by atoms with Crippen LogP contribution in [0.5, 0.6) is 0 Å². The molecule has 0 aliphatic carbocycles. The van der Waals surface area contributed by atoms with Crippen LogP contribution in [0.4, 0.5) is 5.69 Å². The van der Waals surface area contributed by atoms with Crippen LogP contribution in [0.1, 0.15) is 16.8 Å². The third-order valence-electron chi connectivity index (χ3n) is 3.77. The van der Waals surface area contributed by atoms with Gasteiger partial charge in [0.05, 0.1) is 21.3 Å². The Kier molecular flexibility index (Phi) is 7.24. The van der Waals surface area contributed by atoms with Crippen molar-refractivity contribution < 1.29 is 9.59 Å². The molecule has 5 nitrogen and oxygen atoms in total. The predicted octanol–water partition coefficient (Wildman–Crippen LogP) is 4.59. The summed E-state index contributed by atoms with van der Waals surface area (Å²) in [5.41, 5.74) is 1.79. The van der Waals surface area contributed by atoms with Crippen LogP contribution < -0.4 is 10.6 Å². The fourth-order valence-electron chi connectivity index (χ4n) is 2.49. The fraction of sp³-hybridized carbons (Fsp3) is 0.250. The number of thiophene rings is 1. The van der Waals surface area contributed by atoms with E-state index in [0.29, 0.717) is 12.3 Å². The predicted molar refractivity (Wildman–Crippen MR) is 118 cm³/mol. The lowest BCUT2D eigenvalue weighted by atomic mass is 10.3. The van der Waals surface area contributed by atoms with Gasteiger partial charge in [-0.15, -0.1) is 34.4 Å². The van der Waals surface area contributed by atoms with E-state index < -0.39 is 0 Å². The van der Waals surface area contributed by atoms with E-state index in [1.807, 2.05) is 31.2 Å². The van der Waals surface area contributed by atoms with Crippen molar-refractivity contribution in [3.8, 4) is 10.6 Å². The van der Waals surface area contributed by atoms with Gasteiger partial charge in [-0.3, -0.25) is 9.59 Å². The summed E-state index contributed by atoms with van der Waals surface area (Å²) in [5, 5.41) is 8.84. The highest BCUT2D eigenvalue weighted by Crippen LogP contribution is 2.29. The molecule has 3 aromatic rings. The van der Waals surface area contributed by atoms with Gasteiger partial charge in [0.25, 0.3) is 0 Å². The van der Waals surface area contributed by atoms with Crippen molar-refractivity contribution in [2.24, 2.45) is 0 Å². The maximum absolute atomic E-state index is 12.1. The summed E-state index contributed by atoms with van der Waals surface area (Å²) in [5.74, 6) is 0.287. The number of thiazole rings is 1. The number of aryl methyl sites for hydroxylation is 1. The standard InChI is InChI=1S/C20H21N3O2S3/c1-13(24)22-15-3-5-16(6-4-15)27-12-20(25)21-10-9-17-7-8-19(28-17)18-11-26-14(2)23-18/h3-8,11H,9-10,12H2,1-2H3,(H,21,25)(H,22,24). The molecule has 0 bridgehead atoms. The highest BCUT2D eigenvalue weighted by atomic mass is 32.2. The summed E-state index contributed by atoms with van der Waals surface area (Å²) in [7, 11) is 0. The third-order valence-corrected chi connectivity index (χ3v) is 6.72. The Labute approximate surface area is 176 Å². The van der Waals surface area contributed by atoms with Crippen molar-refractivity contribution >= 4 is 51.9 Å². The molecule has 146 valence electrons. The van der Waals surface area contributed by atoms with Gasteiger partial charge >= 0.3 is 0 Å². The minimum atomic E-state index is -0.0978. The molecule has 0 saturated carbocycles. The van der Waals surface area contributed by atoms with E-state index in [9.17, 15) is 9.59 Å². The highest BCUT2D eigenvalue weighted by Gasteiger charge is 2.07. The van der Waals surface area contributed by atoms with Crippen LogP contribution in [-0.4, -0.2) is 29.1 Å². The number of benzene rings is 1. The zero-order chi connectivity index (χ0) is 19.9. The Morgan fingerprint density at radius 3 is 2.61 bits per heavy atom. The van der Waals surface area contributed by atoms with Gasteiger partial charge in [-0.2, -0.15) is 0 Å². The summed E-state index contributed by atoms with van der Waals surface area (Å²) in [6.45, 7) is 4.11. The number of nitrogens with zero attached hydrogens (tertiary/aromatic N) is 1. The first-order valence-electron chi connectivity index (χ1n) is 8.78. The molecule has 8 heteroatoms. The van der Waals surface area contributed by atoms with Crippen LogP contribution in [0, 0.1) is 6.92 Å². The molecule has 0 fully saturated rings. The second-order valence-electron chi connectivity index (χ2n) is 6.11. The van der Waals surface area contributed by atoms with Gasteiger partial charge in [0, 0.05) is 34.3 Å². The largest absolute Gasteiger partial charge is 0.355 e. The Hall–Kier alpha value is -2.16. The zero-order valence-corrected chi connectivity index (χ0v) is 18.1. The average molecular weight is 432 g/mol. The number of hydrogen-bond donors (Lipinski definition) is 2. The zero-order valence-electron chi connectivity index (χ0n) is 15.7. The highest BCUT2D eigenvalue weighted by molar-refractivity contribution is 8.00. The first-order chi connectivity index (χ1) is 13.5. The summed E-state index contributed by atoms with van der Waals surface area (Å²) in [6.07, 6.45) is 0.815. The molecule has 0 saturated heterocycles. The molecule has 2 amide bonds. The lowest BCUT2D eigenvalue weighted by molar-refractivity contribution is -0.118. The fourth-order valence-corrected chi connectivity index (χ4v) is 4.87. The molecule has 0 atom stereocenters. The molecule has 28 heavy (non-hydrogen) atoms. The van der Waals surface area contributed by atoms with Crippen LogP contribution in [-0.2, 0) is 16.0 Å². The number of anilines is 1. The Bertz CT molecular complexity index is 948. The Morgan fingerprint density at radius 1 is 1.14 bits per heavy atom. The molecular formula is C20H21N3O2S3. The molecule has 2 N–H and O–H groups in total. The van der Waals surface area contributed by atoms with E-state index in [0.717, 1.165) is 27.7 Å². The maximum Gasteiger partial charge on any atom is 0.230 e.